The van der Waals surface area contributed by atoms with Crippen LogP contribution in [0.3, 0.4) is 0 Å². The number of benzene rings is 2. The molecule has 4 nitrogen and oxygen atoms in total. The number of thiocarbonyl (C=S) groups is 1. The maximum absolute atomic E-state index is 11.7. The van der Waals surface area contributed by atoms with Crippen LogP contribution in [0.5, 0.6) is 0 Å². The molecule has 0 aliphatic rings. The monoisotopic (exact) mass is 481 g/mol. The highest BCUT2D eigenvalue weighted by Gasteiger charge is 2.13. The Hall–Kier alpha value is -1.58. The maximum Gasteiger partial charge on any atom is 0.226 e. The molecule has 1 aromatic heterocycles. The van der Waals surface area contributed by atoms with E-state index in [1.807, 2.05) is 37.3 Å². The number of aromatic nitrogens is 1. The fourth-order valence-electron chi connectivity index (χ4n) is 2.36. The molecule has 0 bridgehead atoms. The number of para-hydroxylation sites is 1. The normalized spacial score (nSPS) is 10.6. The van der Waals surface area contributed by atoms with Gasteiger partial charge in [0.05, 0.1) is 15.9 Å². The molecule has 3 aromatic rings. The lowest BCUT2D eigenvalue weighted by Crippen LogP contribution is -2.33. The Morgan fingerprint density at radius 1 is 1.28 bits per heavy atom. The first kappa shape index (κ1) is 18.2. The van der Waals surface area contributed by atoms with E-state index in [1.54, 1.807) is 11.3 Å². The Kier molecular flexibility index (Phi) is 5.98. The summed E-state index contributed by atoms with van der Waals surface area (Å²) in [6.07, 6.45) is 1.24. The van der Waals surface area contributed by atoms with Gasteiger partial charge in [0.15, 0.2) is 5.11 Å². The van der Waals surface area contributed by atoms with Crippen LogP contribution in [0.15, 0.2) is 42.5 Å². The molecule has 2 aromatic carbocycles. The minimum atomic E-state index is -0.0768. The molecule has 2 N–H and O–H groups in total. The molecule has 0 spiro atoms. The number of anilines is 1. The van der Waals surface area contributed by atoms with Gasteiger partial charge in [0.1, 0.15) is 5.01 Å². The number of carbonyl (C=O) groups excluding carboxylic acids is 1. The molecule has 1 amide bonds. The molecule has 0 atom stereocenters. The van der Waals surface area contributed by atoms with Crippen molar-refractivity contribution in [1.29, 1.82) is 0 Å². The van der Waals surface area contributed by atoms with Gasteiger partial charge in [-0.25, -0.2) is 4.98 Å². The fraction of sp³-hybridized carbons (Fsp3) is 0.167. The van der Waals surface area contributed by atoms with Crippen molar-refractivity contribution in [2.45, 2.75) is 19.8 Å². The van der Waals surface area contributed by atoms with Gasteiger partial charge in [0.2, 0.25) is 5.91 Å². The summed E-state index contributed by atoms with van der Waals surface area (Å²) in [6.45, 7) is 1.96. The van der Waals surface area contributed by atoms with Crippen LogP contribution < -0.4 is 10.6 Å². The van der Waals surface area contributed by atoms with Gasteiger partial charge in [-0.2, -0.15) is 0 Å². The second kappa shape index (κ2) is 8.20. The summed E-state index contributed by atoms with van der Waals surface area (Å²) in [5, 5.41) is 7.07. The van der Waals surface area contributed by atoms with E-state index in [9.17, 15) is 4.79 Å². The molecule has 1 heterocycles. The number of rotatable bonds is 4. The summed E-state index contributed by atoms with van der Waals surface area (Å²) >= 11 is 9.19. The van der Waals surface area contributed by atoms with Crippen molar-refractivity contribution < 1.29 is 4.79 Å². The number of hydrogen-bond acceptors (Lipinski definition) is 4. The lowest BCUT2D eigenvalue weighted by atomic mass is 10.2. The van der Waals surface area contributed by atoms with Crippen LogP contribution >= 0.6 is 46.1 Å². The molecule has 0 saturated carbocycles. The predicted octanol–water partition coefficient (Wildman–Crippen LogP) is 5.18. The lowest BCUT2D eigenvalue weighted by molar-refractivity contribution is -0.119. The maximum atomic E-state index is 11.7. The molecule has 25 heavy (non-hydrogen) atoms. The number of halogens is 1. The third-order valence-corrected chi connectivity index (χ3v) is 5.43. The van der Waals surface area contributed by atoms with Crippen LogP contribution in [-0.2, 0) is 4.79 Å². The van der Waals surface area contributed by atoms with Crippen molar-refractivity contribution in [3.05, 3.63) is 46.0 Å². The van der Waals surface area contributed by atoms with E-state index in [1.165, 1.54) is 0 Å². The summed E-state index contributed by atoms with van der Waals surface area (Å²) in [5.41, 5.74) is 2.78. The van der Waals surface area contributed by atoms with Crippen LogP contribution in [0.1, 0.15) is 19.8 Å². The van der Waals surface area contributed by atoms with Crippen molar-refractivity contribution in [1.82, 2.24) is 10.3 Å². The number of thiazole rings is 1. The number of nitrogens with zero attached hydrogens (tertiary/aromatic N) is 1. The molecule has 0 aliphatic carbocycles. The van der Waals surface area contributed by atoms with Gasteiger partial charge < -0.3 is 10.6 Å². The number of amides is 1. The zero-order valence-electron chi connectivity index (χ0n) is 13.5. The van der Waals surface area contributed by atoms with Gasteiger partial charge in [0, 0.05) is 15.6 Å². The van der Waals surface area contributed by atoms with Crippen molar-refractivity contribution in [2.75, 3.05) is 5.32 Å². The van der Waals surface area contributed by atoms with Crippen LogP contribution in [0.2, 0.25) is 0 Å². The van der Waals surface area contributed by atoms with Gasteiger partial charge in [-0.05, 0) is 71.6 Å². The fourth-order valence-corrected chi connectivity index (χ4v) is 4.07. The third-order valence-electron chi connectivity index (χ3n) is 3.48. The molecular formula is C18H16IN3OS2. The van der Waals surface area contributed by atoms with Gasteiger partial charge in [-0.15, -0.1) is 11.3 Å². The quantitative estimate of drug-likeness (QED) is 0.398. The first-order chi connectivity index (χ1) is 12.1. The van der Waals surface area contributed by atoms with Crippen molar-refractivity contribution in [3.63, 3.8) is 0 Å². The predicted molar refractivity (Wildman–Crippen MR) is 117 cm³/mol. The van der Waals surface area contributed by atoms with E-state index in [2.05, 4.69) is 45.4 Å². The molecule has 0 aliphatic heterocycles. The zero-order valence-corrected chi connectivity index (χ0v) is 17.3. The number of carbonyl (C=O) groups is 1. The van der Waals surface area contributed by atoms with Gasteiger partial charge in [-0.1, -0.05) is 19.1 Å². The van der Waals surface area contributed by atoms with Crippen LogP contribution in [0, 0.1) is 3.57 Å². The van der Waals surface area contributed by atoms with Gasteiger partial charge in [-0.3, -0.25) is 4.79 Å². The second-order valence-electron chi connectivity index (χ2n) is 5.43. The van der Waals surface area contributed by atoms with E-state index in [-0.39, 0.29) is 5.91 Å². The van der Waals surface area contributed by atoms with Crippen LogP contribution in [-0.4, -0.2) is 16.0 Å². The lowest BCUT2D eigenvalue weighted by Gasteiger charge is -2.12. The average Bonchev–Trinajstić information content (AvgIpc) is 3.00. The molecule has 3 rings (SSSR count). The largest absolute Gasteiger partial charge is 0.332 e. The highest BCUT2D eigenvalue weighted by atomic mass is 127. The van der Waals surface area contributed by atoms with Crippen LogP contribution in [0.4, 0.5) is 5.69 Å². The first-order valence-corrected chi connectivity index (χ1v) is 10.1. The number of fused-ring (bicyclic) bond motifs is 1. The number of nitrogens with one attached hydrogen (secondary N) is 2. The minimum absolute atomic E-state index is 0.0768. The zero-order chi connectivity index (χ0) is 17.8. The third kappa shape index (κ3) is 4.53. The Labute approximate surface area is 169 Å². The SMILES string of the molecule is CCCC(=O)NC(=S)Nc1ccc(I)cc1-c1nc2ccccc2s1. The summed E-state index contributed by atoms with van der Waals surface area (Å²) in [6, 6.07) is 14.1. The smallest absolute Gasteiger partial charge is 0.226 e. The Bertz CT molecular complexity index is 906. The summed E-state index contributed by atoms with van der Waals surface area (Å²) in [4.78, 5) is 16.4. The van der Waals surface area contributed by atoms with Crippen molar-refractivity contribution in [3.8, 4) is 10.6 Å². The molecule has 128 valence electrons. The summed E-state index contributed by atoms with van der Waals surface area (Å²) in [7, 11) is 0. The molecule has 0 saturated heterocycles. The number of hydrogen-bond donors (Lipinski definition) is 2. The molecule has 0 fully saturated rings. The second-order valence-corrected chi connectivity index (χ2v) is 8.11. The van der Waals surface area contributed by atoms with E-state index in [4.69, 9.17) is 17.2 Å². The van der Waals surface area contributed by atoms with E-state index >= 15 is 0 Å². The van der Waals surface area contributed by atoms with E-state index < -0.39 is 0 Å². The molecule has 7 heteroatoms. The Morgan fingerprint density at radius 3 is 2.84 bits per heavy atom. The van der Waals surface area contributed by atoms with Gasteiger partial charge in [0.25, 0.3) is 0 Å². The average molecular weight is 481 g/mol. The summed E-state index contributed by atoms with van der Waals surface area (Å²) in [5.74, 6) is -0.0768. The standard InChI is InChI=1S/C18H16IN3OS2/c1-2-5-16(23)22-18(24)21-13-9-8-11(19)10-12(13)17-20-14-6-3-4-7-15(14)25-17/h3-4,6-10H,2,5H2,1H3,(H2,21,22,23,24). The van der Waals surface area contributed by atoms with Gasteiger partial charge >= 0.3 is 0 Å². The highest BCUT2D eigenvalue weighted by Crippen LogP contribution is 2.35. The topological polar surface area (TPSA) is 54.0 Å². The molecular weight excluding hydrogens is 465 g/mol. The van der Waals surface area contributed by atoms with Crippen LogP contribution in [0.25, 0.3) is 20.8 Å². The first-order valence-electron chi connectivity index (χ1n) is 7.83. The molecule has 0 unspecified atom stereocenters. The Balaban J connectivity index is 1.90. The van der Waals surface area contributed by atoms with E-state index in [0.29, 0.717) is 11.5 Å². The Morgan fingerprint density at radius 2 is 2.08 bits per heavy atom. The molecule has 0 radical (unpaired) electrons. The summed E-state index contributed by atoms with van der Waals surface area (Å²) < 4.78 is 2.25. The van der Waals surface area contributed by atoms with E-state index in [0.717, 1.165) is 36.5 Å². The van der Waals surface area contributed by atoms with Crippen molar-refractivity contribution >= 4 is 73.1 Å². The minimum Gasteiger partial charge on any atom is -0.332 e. The van der Waals surface area contributed by atoms with Crippen molar-refractivity contribution in [2.24, 2.45) is 0 Å². The highest BCUT2D eigenvalue weighted by molar-refractivity contribution is 14.1.